The summed E-state index contributed by atoms with van der Waals surface area (Å²) < 4.78 is 6.91. The van der Waals surface area contributed by atoms with Crippen molar-refractivity contribution >= 4 is 45.7 Å². The Morgan fingerprint density at radius 1 is 1.27 bits per heavy atom. The van der Waals surface area contributed by atoms with Gasteiger partial charge in [0, 0.05) is 43.8 Å². The predicted octanol–water partition coefficient (Wildman–Crippen LogP) is 2.83. The molecule has 0 bridgehead atoms. The first-order chi connectivity index (χ1) is 15.7. The Morgan fingerprint density at radius 3 is 2.79 bits per heavy atom. The third-order valence-electron chi connectivity index (χ3n) is 5.86. The van der Waals surface area contributed by atoms with Gasteiger partial charge in [-0.15, -0.1) is 0 Å². The lowest BCUT2D eigenvalue weighted by molar-refractivity contribution is -0.118. The van der Waals surface area contributed by atoms with Crippen LogP contribution in [0.1, 0.15) is 13.8 Å². The zero-order valence-corrected chi connectivity index (χ0v) is 19.9. The van der Waals surface area contributed by atoms with E-state index in [0.29, 0.717) is 22.8 Å². The fourth-order valence-electron chi connectivity index (χ4n) is 3.78. The summed E-state index contributed by atoms with van der Waals surface area (Å²) in [5.41, 5.74) is 1.19. The van der Waals surface area contributed by atoms with Gasteiger partial charge in [-0.2, -0.15) is 4.98 Å². The molecule has 0 aliphatic carbocycles. The summed E-state index contributed by atoms with van der Waals surface area (Å²) in [4.78, 5) is 37.3. The van der Waals surface area contributed by atoms with Gasteiger partial charge in [0.25, 0.3) is 5.56 Å². The zero-order valence-electron chi connectivity index (χ0n) is 19.1. The molecule has 3 heterocycles. The van der Waals surface area contributed by atoms with Crippen LogP contribution < -0.4 is 20.5 Å². The molecule has 1 atom stereocenters. The van der Waals surface area contributed by atoms with Crippen LogP contribution in [-0.4, -0.2) is 64.5 Å². The third-order valence-corrected chi connectivity index (χ3v) is 6.14. The molecule has 9 nitrogen and oxygen atoms in total. The third kappa shape index (κ3) is 4.94. The first kappa shape index (κ1) is 23.0. The number of ketones is 1. The molecule has 1 fully saturated rings. The number of fused-ring (bicyclic) bond motifs is 1. The molecule has 0 saturated carbocycles. The van der Waals surface area contributed by atoms with Crippen LogP contribution in [0.3, 0.4) is 0 Å². The standard InChI is InChI=1S/C23H27ClN6O3/c1-14-12-30(8-7-28(14)3)23-25-11-18(24)21(27-23)26-17-5-6-19-16(9-17)10-20(22(32)29(19)4)33-13-15(2)31/h5-6,9-11,14H,7-8,12-13H2,1-4H3,(H,25,26,27)/t14-/m1/s1. The van der Waals surface area contributed by atoms with E-state index in [0.717, 1.165) is 36.2 Å². The van der Waals surface area contributed by atoms with E-state index in [1.165, 1.54) is 11.5 Å². The van der Waals surface area contributed by atoms with Gasteiger partial charge in [-0.25, -0.2) is 4.98 Å². The molecule has 4 rings (SSSR count). The van der Waals surface area contributed by atoms with E-state index in [9.17, 15) is 9.59 Å². The maximum absolute atomic E-state index is 12.5. The summed E-state index contributed by atoms with van der Waals surface area (Å²) in [6.45, 7) is 6.06. The first-order valence-electron chi connectivity index (χ1n) is 10.7. The van der Waals surface area contributed by atoms with Crippen LogP contribution in [-0.2, 0) is 11.8 Å². The number of aryl methyl sites for hydroxylation is 1. The molecule has 1 aliphatic rings. The van der Waals surface area contributed by atoms with Crippen LogP contribution in [0.4, 0.5) is 17.5 Å². The van der Waals surface area contributed by atoms with E-state index in [2.05, 4.69) is 39.1 Å². The van der Waals surface area contributed by atoms with Crippen molar-refractivity contribution in [2.45, 2.75) is 19.9 Å². The Bertz CT molecular complexity index is 1260. The van der Waals surface area contributed by atoms with Gasteiger partial charge in [0.1, 0.15) is 11.6 Å². The molecule has 1 saturated heterocycles. The maximum Gasteiger partial charge on any atom is 0.293 e. The van der Waals surface area contributed by atoms with Crippen molar-refractivity contribution in [3.8, 4) is 5.75 Å². The largest absolute Gasteiger partial charge is 0.480 e. The SMILES string of the molecule is CC(=O)COc1cc2cc(Nc3nc(N4CCN(C)[C@H](C)C4)ncc3Cl)ccc2n(C)c1=O. The quantitative estimate of drug-likeness (QED) is 0.588. The minimum atomic E-state index is -0.297. The summed E-state index contributed by atoms with van der Waals surface area (Å²) in [5.74, 6) is 1.11. The molecule has 1 N–H and O–H groups in total. The maximum atomic E-state index is 12.5. The van der Waals surface area contributed by atoms with Crippen LogP contribution in [0, 0.1) is 0 Å². The number of hydrogen-bond acceptors (Lipinski definition) is 8. The number of ether oxygens (including phenoxy) is 1. The van der Waals surface area contributed by atoms with Gasteiger partial charge in [-0.1, -0.05) is 11.6 Å². The molecule has 0 unspecified atom stereocenters. The van der Waals surface area contributed by atoms with Crippen molar-refractivity contribution in [3.63, 3.8) is 0 Å². The molecule has 0 spiro atoms. The number of Topliss-reactive ketones (excluding diaryl/α,β-unsaturated/α-hetero) is 1. The molecule has 33 heavy (non-hydrogen) atoms. The molecule has 1 aliphatic heterocycles. The summed E-state index contributed by atoms with van der Waals surface area (Å²) in [6.07, 6.45) is 1.60. The van der Waals surface area contributed by atoms with Crippen LogP contribution >= 0.6 is 11.6 Å². The molecule has 0 radical (unpaired) electrons. The monoisotopic (exact) mass is 470 g/mol. The van der Waals surface area contributed by atoms with Gasteiger partial charge in [0.05, 0.1) is 11.7 Å². The number of hydrogen-bond donors (Lipinski definition) is 1. The smallest absolute Gasteiger partial charge is 0.293 e. The van der Waals surface area contributed by atoms with Gasteiger partial charge >= 0.3 is 0 Å². The molecule has 2 aromatic heterocycles. The van der Waals surface area contributed by atoms with E-state index >= 15 is 0 Å². The fraction of sp³-hybridized carbons (Fsp3) is 0.391. The fourth-order valence-corrected chi connectivity index (χ4v) is 3.92. The van der Waals surface area contributed by atoms with Gasteiger partial charge in [-0.05, 0) is 45.2 Å². The van der Waals surface area contributed by atoms with Gasteiger partial charge < -0.3 is 24.4 Å². The molecule has 174 valence electrons. The van der Waals surface area contributed by atoms with E-state index < -0.39 is 0 Å². The Labute approximate surface area is 196 Å². The number of carbonyl (C=O) groups is 1. The number of anilines is 3. The number of carbonyl (C=O) groups excluding carboxylic acids is 1. The highest BCUT2D eigenvalue weighted by Gasteiger charge is 2.23. The Hall–Kier alpha value is -3.17. The van der Waals surface area contributed by atoms with Crippen LogP contribution in [0.2, 0.25) is 5.02 Å². The van der Waals surface area contributed by atoms with Crippen molar-refractivity contribution in [2.75, 3.05) is 43.5 Å². The minimum absolute atomic E-state index is 0.129. The van der Waals surface area contributed by atoms with Crippen molar-refractivity contribution < 1.29 is 9.53 Å². The number of likely N-dealkylation sites (N-methyl/N-ethyl adjacent to an activating group) is 1. The summed E-state index contributed by atoms with van der Waals surface area (Å²) in [6, 6.07) is 7.62. The number of pyridine rings is 1. The topological polar surface area (TPSA) is 92.6 Å². The Kier molecular flexibility index (Phi) is 6.53. The van der Waals surface area contributed by atoms with Crippen molar-refractivity contribution in [1.82, 2.24) is 19.4 Å². The first-order valence-corrected chi connectivity index (χ1v) is 11.1. The van der Waals surface area contributed by atoms with Crippen LogP contribution in [0.25, 0.3) is 10.9 Å². The normalized spacial score (nSPS) is 16.8. The lowest BCUT2D eigenvalue weighted by Crippen LogP contribution is -2.50. The lowest BCUT2D eigenvalue weighted by Gasteiger charge is -2.37. The molecule has 10 heteroatoms. The second-order valence-corrected chi connectivity index (χ2v) is 8.81. The Balaban J connectivity index is 1.62. The number of benzene rings is 1. The average molecular weight is 471 g/mol. The summed E-state index contributed by atoms with van der Waals surface area (Å²) >= 11 is 6.39. The summed E-state index contributed by atoms with van der Waals surface area (Å²) in [5, 5.41) is 4.45. The van der Waals surface area contributed by atoms with Crippen molar-refractivity contribution in [3.05, 3.63) is 45.8 Å². The predicted molar refractivity (Wildman–Crippen MR) is 130 cm³/mol. The number of halogens is 1. The number of piperazine rings is 1. The average Bonchev–Trinajstić information content (AvgIpc) is 2.78. The van der Waals surface area contributed by atoms with E-state index in [1.54, 1.807) is 19.3 Å². The second kappa shape index (κ2) is 9.36. The summed E-state index contributed by atoms with van der Waals surface area (Å²) in [7, 11) is 3.78. The minimum Gasteiger partial charge on any atom is -0.480 e. The number of nitrogens with zero attached hydrogens (tertiary/aromatic N) is 5. The number of rotatable bonds is 6. The highest BCUT2D eigenvalue weighted by molar-refractivity contribution is 6.32. The molecule has 1 aromatic carbocycles. The number of nitrogens with one attached hydrogen (secondary N) is 1. The molecule has 0 amide bonds. The van der Waals surface area contributed by atoms with Crippen LogP contribution in [0.15, 0.2) is 35.3 Å². The van der Waals surface area contributed by atoms with Gasteiger partial charge in [0.15, 0.2) is 17.4 Å². The van der Waals surface area contributed by atoms with Crippen LogP contribution in [0.5, 0.6) is 5.75 Å². The highest BCUT2D eigenvalue weighted by atomic mass is 35.5. The van der Waals surface area contributed by atoms with E-state index in [4.69, 9.17) is 16.3 Å². The Morgan fingerprint density at radius 2 is 2.06 bits per heavy atom. The lowest BCUT2D eigenvalue weighted by atomic mass is 10.2. The zero-order chi connectivity index (χ0) is 23.7. The van der Waals surface area contributed by atoms with Crippen molar-refractivity contribution in [2.24, 2.45) is 7.05 Å². The number of aromatic nitrogens is 3. The van der Waals surface area contributed by atoms with E-state index in [-0.39, 0.29) is 23.7 Å². The van der Waals surface area contributed by atoms with Crippen molar-refractivity contribution in [1.29, 1.82) is 0 Å². The van der Waals surface area contributed by atoms with E-state index in [1.807, 2.05) is 18.2 Å². The van der Waals surface area contributed by atoms with Gasteiger partial charge in [0.2, 0.25) is 5.95 Å². The molecular weight excluding hydrogens is 444 g/mol. The molecular formula is C23H27ClN6O3. The second-order valence-electron chi connectivity index (χ2n) is 8.40. The highest BCUT2D eigenvalue weighted by Crippen LogP contribution is 2.28. The molecule has 3 aromatic rings. The van der Waals surface area contributed by atoms with Gasteiger partial charge in [-0.3, -0.25) is 9.59 Å².